The van der Waals surface area contributed by atoms with E-state index in [1.54, 1.807) is 0 Å². The second-order valence-electron chi connectivity index (χ2n) is 6.79. The maximum atomic E-state index is 10.5. The van der Waals surface area contributed by atoms with E-state index in [1.165, 1.54) is 0 Å². The van der Waals surface area contributed by atoms with E-state index in [0.717, 1.165) is 42.7 Å². The minimum atomic E-state index is -0.510. The van der Waals surface area contributed by atoms with Crippen LogP contribution in [0.3, 0.4) is 0 Å². The van der Waals surface area contributed by atoms with Crippen LogP contribution in [0.2, 0.25) is 0 Å². The van der Waals surface area contributed by atoms with Gasteiger partial charge in [0.15, 0.2) is 0 Å². The lowest BCUT2D eigenvalue weighted by molar-refractivity contribution is -0.00738. The number of aliphatic hydroxyl groups is 1. The van der Waals surface area contributed by atoms with Crippen LogP contribution in [0.5, 0.6) is 5.75 Å². The Labute approximate surface area is 143 Å². The summed E-state index contributed by atoms with van der Waals surface area (Å²) < 4.78 is 11.3. The monoisotopic (exact) mass is 332 g/mol. The molecule has 1 unspecified atom stereocenters. The quantitative estimate of drug-likeness (QED) is 0.818. The van der Waals surface area contributed by atoms with Crippen LogP contribution in [0.15, 0.2) is 30.5 Å². The predicted molar refractivity (Wildman–Crippen MR) is 95.5 cm³/mol. The first-order chi connectivity index (χ1) is 11.6. The van der Waals surface area contributed by atoms with Gasteiger partial charge in [0.2, 0.25) is 0 Å². The van der Waals surface area contributed by atoms with Crippen molar-refractivity contribution in [2.45, 2.75) is 44.9 Å². The Bertz CT molecular complexity index is 634. The summed E-state index contributed by atoms with van der Waals surface area (Å²) in [5, 5.41) is 11.5. The highest BCUT2D eigenvalue weighted by atomic mass is 16.5. The van der Waals surface area contributed by atoms with Crippen LogP contribution < -0.4 is 4.74 Å². The third kappa shape index (κ3) is 4.09. The Hall–Kier alpha value is -1.56. The van der Waals surface area contributed by atoms with Crippen LogP contribution in [-0.2, 0) is 4.74 Å². The van der Waals surface area contributed by atoms with Gasteiger partial charge in [0.05, 0.1) is 0 Å². The Morgan fingerprint density at radius 3 is 2.83 bits per heavy atom. The van der Waals surface area contributed by atoms with E-state index in [9.17, 15) is 5.11 Å². The standard InChI is InChI=1S/C19H28N2O3/c1-14(2)21(15-7-10-23-11-8-15)12-16(22)13-24-19-5-3-4-18-17(19)6-9-20-18/h3-6,9,14-16,20,22H,7-8,10-13H2,1-2H3. The number of benzene rings is 1. The second kappa shape index (κ2) is 8.01. The van der Waals surface area contributed by atoms with E-state index in [-0.39, 0.29) is 0 Å². The maximum Gasteiger partial charge on any atom is 0.128 e. The highest BCUT2D eigenvalue weighted by Gasteiger charge is 2.25. The van der Waals surface area contributed by atoms with Gasteiger partial charge in [0, 0.05) is 48.9 Å². The molecule has 1 aromatic heterocycles. The zero-order chi connectivity index (χ0) is 16.9. The van der Waals surface area contributed by atoms with Crippen molar-refractivity contribution in [3.05, 3.63) is 30.5 Å². The van der Waals surface area contributed by atoms with Crippen LogP contribution >= 0.6 is 0 Å². The van der Waals surface area contributed by atoms with Gasteiger partial charge in [0.1, 0.15) is 18.5 Å². The van der Waals surface area contributed by atoms with Crippen LogP contribution in [0.1, 0.15) is 26.7 Å². The van der Waals surface area contributed by atoms with Gasteiger partial charge in [-0.05, 0) is 44.9 Å². The summed E-state index contributed by atoms with van der Waals surface area (Å²) >= 11 is 0. The van der Waals surface area contributed by atoms with E-state index >= 15 is 0 Å². The van der Waals surface area contributed by atoms with Crippen LogP contribution in [0, 0.1) is 0 Å². The number of nitrogens with zero attached hydrogens (tertiary/aromatic N) is 1. The van der Waals surface area contributed by atoms with Gasteiger partial charge in [0.25, 0.3) is 0 Å². The molecule has 0 amide bonds. The molecular formula is C19H28N2O3. The molecule has 5 nitrogen and oxygen atoms in total. The van der Waals surface area contributed by atoms with Crippen molar-refractivity contribution in [3.63, 3.8) is 0 Å². The van der Waals surface area contributed by atoms with E-state index in [2.05, 4.69) is 23.7 Å². The molecule has 1 aliphatic heterocycles. The molecule has 0 spiro atoms. The number of fused-ring (bicyclic) bond motifs is 1. The fourth-order valence-electron chi connectivity index (χ4n) is 3.46. The summed E-state index contributed by atoms with van der Waals surface area (Å²) in [6.45, 7) is 6.93. The van der Waals surface area contributed by atoms with Gasteiger partial charge in [-0.15, -0.1) is 0 Å². The van der Waals surface area contributed by atoms with Crippen molar-refractivity contribution in [2.75, 3.05) is 26.4 Å². The first-order valence-electron chi connectivity index (χ1n) is 8.85. The largest absolute Gasteiger partial charge is 0.490 e. The molecule has 3 rings (SSSR count). The molecule has 24 heavy (non-hydrogen) atoms. The Balaban J connectivity index is 1.57. The zero-order valence-electron chi connectivity index (χ0n) is 14.6. The maximum absolute atomic E-state index is 10.5. The molecule has 1 aliphatic rings. The molecule has 0 bridgehead atoms. The van der Waals surface area contributed by atoms with Gasteiger partial charge >= 0.3 is 0 Å². The van der Waals surface area contributed by atoms with Gasteiger partial charge in [-0.1, -0.05) is 6.07 Å². The number of hydrogen-bond donors (Lipinski definition) is 2. The summed E-state index contributed by atoms with van der Waals surface area (Å²) in [7, 11) is 0. The van der Waals surface area contributed by atoms with Crippen LogP contribution in [-0.4, -0.2) is 59.5 Å². The molecule has 2 heterocycles. The molecule has 132 valence electrons. The number of nitrogens with one attached hydrogen (secondary N) is 1. The third-order valence-corrected chi connectivity index (χ3v) is 4.73. The molecule has 0 radical (unpaired) electrons. The molecule has 0 aliphatic carbocycles. The average Bonchev–Trinajstić information content (AvgIpc) is 3.07. The van der Waals surface area contributed by atoms with Crippen molar-refractivity contribution in [1.29, 1.82) is 0 Å². The van der Waals surface area contributed by atoms with Gasteiger partial charge < -0.3 is 19.6 Å². The van der Waals surface area contributed by atoms with Crippen molar-refractivity contribution in [2.24, 2.45) is 0 Å². The van der Waals surface area contributed by atoms with Gasteiger partial charge in [-0.3, -0.25) is 4.90 Å². The molecular weight excluding hydrogens is 304 g/mol. The predicted octanol–water partition coefficient (Wildman–Crippen LogP) is 2.80. The normalized spacial score (nSPS) is 17.7. The molecule has 0 saturated carbocycles. The highest BCUT2D eigenvalue weighted by Crippen LogP contribution is 2.25. The second-order valence-corrected chi connectivity index (χ2v) is 6.79. The molecule has 1 aromatic carbocycles. The smallest absolute Gasteiger partial charge is 0.128 e. The number of H-pyrrole nitrogens is 1. The summed E-state index contributed by atoms with van der Waals surface area (Å²) in [6, 6.07) is 8.81. The van der Waals surface area contributed by atoms with E-state index in [0.29, 0.717) is 25.2 Å². The lowest BCUT2D eigenvalue weighted by Gasteiger charge is -2.38. The van der Waals surface area contributed by atoms with E-state index in [1.807, 2.05) is 30.5 Å². The van der Waals surface area contributed by atoms with Crippen LogP contribution in [0.4, 0.5) is 0 Å². The number of ether oxygens (including phenoxy) is 2. The number of hydrogen-bond acceptors (Lipinski definition) is 4. The van der Waals surface area contributed by atoms with Crippen molar-refractivity contribution >= 4 is 10.9 Å². The van der Waals surface area contributed by atoms with Crippen molar-refractivity contribution in [1.82, 2.24) is 9.88 Å². The van der Waals surface area contributed by atoms with E-state index in [4.69, 9.17) is 9.47 Å². The molecule has 1 fully saturated rings. The van der Waals surface area contributed by atoms with Gasteiger partial charge in [-0.25, -0.2) is 0 Å². The molecule has 2 aromatic rings. The fourth-order valence-corrected chi connectivity index (χ4v) is 3.46. The summed E-state index contributed by atoms with van der Waals surface area (Å²) in [5.41, 5.74) is 1.05. The summed E-state index contributed by atoms with van der Waals surface area (Å²) in [4.78, 5) is 5.56. The first kappa shape index (κ1) is 17.3. The number of aromatic amines is 1. The SMILES string of the molecule is CC(C)N(CC(O)COc1cccc2[nH]ccc12)C1CCOCC1. The minimum absolute atomic E-state index is 0.302. The Morgan fingerprint density at radius 2 is 2.08 bits per heavy atom. The topological polar surface area (TPSA) is 57.7 Å². The summed E-state index contributed by atoms with van der Waals surface area (Å²) in [6.07, 6.45) is 3.46. The molecule has 5 heteroatoms. The minimum Gasteiger partial charge on any atom is -0.490 e. The first-order valence-corrected chi connectivity index (χ1v) is 8.85. The molecule has 2 N–H and O–H groups in total. The number of rotatable bonds is 7. The fraction of sp³-hybridized carbons (Fsp3) is 0.579. The lowest BCUT2D eigenvalue weighted by atomic mass is 10.0. The molecule has 1 saturated heterocycles. The lowest BCUT2D eigenvalue weighted by Crippen LogP contribution is -2.48. The van der Waals surface area contributed by atoms with Crippen molar-refractivity contribution in [3.8, 4) is 5.75 Å². The number of aromatic nitrogens is 1. The van der Waals surface area contributed by atoms with Crippen LogP contribution in [0.25, 0.3) is 10.9 Å². The zero-order valence-corrected chi connectivity index (χ0v) is 14.6. The Kier molecular flexibility index (Phi) is 5.76. The highest BCUT2D eigenvalue weighted by molar-refractivity contribution is 5.85. The Morgan fingerprint density at radius 1 is 1.29 bits per heavy atom. The number of aliphatic hydroxyl groups excluding tert-OH is 1. The third-order valence-electron chi connectivity index (χ3n) is 4.73. The average molecular weight is 332 g/mol. The van der Waals surface area contributed by atoms with E-state index < -0.39 is 6.10 Å². The summed E-state index contributed by atoms with van der Waals surface area (Å²) in [5.74, 6) is 0.815. The van der Waals surface area contributed by atoms with Gasteiger partial charge in [-0.2, -0.15) is 0 Å². The van der Waals surface area contributed by atoms with Crippen molar-refractivity contribution < 1.29 is 14.6 Å². The molecule has 1 atom stereocenters.